The fourth-order valence-corrected chi connectivity index (χ4v) is 1.73. The Morgan fingerprint density at radius 2 is 2.00 bits per heavy atom. The summed E-state index contributed by atoms with van der Waals surface area (Å²) in [6.07, 6.45) is 5.42. The van der Waals surface area contributed by atoms with Crippen LogP contribution in [-0.2, 0) is 19.5 Å². The van der Waals surface area contributed by atoms with E-state index in [9.17, 15) is 0 Å². The van der Waals surface area contributed by atoms with Gasteiger partial charge in [0.05, 0.1) is 0 Å². The van der Waals surface area contributed by atoms with Gasteiger partial charge in [-0.15, -0.1) is 12.4 Å². The molecule has 0 saturated heterocycles. The first kappa shape index (κ1) is 17.1. The largest absolute Gasteiger partial charge is 0.361 e. The molecule has 0 amide bonds. The zero-order valence-electron chi connectivity index (χ0n) is 9.23. The summed E-state index contributed by atoms with van der Waals surface area (Å²) in [6.45, 7) is 4.11. The van der Waals surface area contributed by atoms with Gasteiger partial charge < -0.3 is 11.3 Å². The van der Waals surface area contributed by atoms with Crippen molar-refractivity contribution in [3.8, 4) is 0 Å². The molecule has 0 aromatic heterocycles. The van der Waals surface area contributed by atoms with Gasteiger partial charge in [-0.25, -0.2) is 0 Å². The molecule has 1 aliphatic carbocycles. The number of nitrogens with zero attached hydrogens (tertiary/aromatic N) is 2. The third kappa shape index (κ3) is 3.66. The van der Waals surface area contributed by atoms with Gasteiger partial charge in [0, 0.05) is 37.2 Å². The Hall–Kier alpha value is -0.267. The molecule has 1 rings (SSSR count). The molecule has 3 nitrogen and oxygen atoms in total. The molecule has 0 aliphatic heterocycles. The number of rotatable bonds is 2. The van der Waals surface area contributed by atoms with Crippen molar-refractivity contribution in [3.63, 3.8) is 0 Å². The van der Waals surface area contributed by atoms with Gasteiger partial charge in [-0.05, 0) is 18.4 Å². The zero-order valence-corrected chi connectivity index (χ0v) is 13.0. The van der Waals surface area contributed by atoms with Crippen molar-refractivity contribution in [1.29, 1.82) is 0 Å². The maximum Gasteiger partial charge on any atom is 0.318 e. The van der Waals surface area contributed by atoms with Crippen LogP contribution in [0.2, 0.25) is 0 Å². The summed E-state index contributed by atoms with van der Waals surface area (Å²) in [5.41, 5.74) is 17.6. The monoisotopic (exact) mass is 277 g/mol. The molecule has 1 atom stereocenters. The van der Waals surface area contributed by atoms with Crippen molar-refractivity contribution in [2.24, 2.45) is 5.73 Å². The van der Waals surface area contributed by atoms with Crippen LogP contribution in [0.1, 0.15) is 26.7 Å². The van der Waals surface area contributed by atoms with Crippen LogP contribution in [-0.4, -0.2) is 16.5 Å². The quantitative estimate of drug-likeness (QED) is 0.469. The van der Waals surface area contributed by atoms with Crippen molar-refractivity contribution in [1.82, 2.24) is 0 Å². The average molecular weight is 279 g/mol. The van der Waals surface area contributed by atoms with Crippen LogP contribution in [0.4, 0.5) is 0 Å². The van der Waals surface area contributed by atoms with Crippen molar-refractivity contribution < 1.29 is 24.3 Å². The van der Waals surface area contributed by atoms with E-state index in [4.69, 9.17) is 11.3 Å². The van der Waals surface area contributed by atoms with Crippen LogP contribution in [0.3, 0.4) is 0 Å². The molecular formula is C10H16ClN3Zn. The molecule has 2 N–H and O–H groups in total. The van der Waals surface area contributed by atoms with Gasteiger partial charge in [0.15, 0.2) is 0 Å². The van der Waals surface area contributed by atoms with E-state index in [2.05, 4.69) is 11.7 Å². The first-order valence-corrected chi connectivity index (χ1v) is 4.62. The van der Waals surface area contributed by atoms with Crippen molar-refractivity contribution in [3.05, 3.63) is 28.8 Å². The minimum atomic E-state index is -0.00884. The summed E-state index contributed by atoms with van der Waals surface area (Å²) in [7, 11) is 0. The standard InChI is InChI=1S/C10H15N3.ClH.Zn/c1-3-7-8(4-2)10(13-12)6-5-9(7)11;;/h5-6,9H,3-4,11H2,1-2H3;1H;. The van der Waals surface area contributed by atoms with Crippen molar-refractivity contribution in [2.45, 2.75) is 32.7 Å². The fourth-order valence-electron chi connectivity index (χ4n) is 1.73. The van der Waals surface area contributed by atoms with Gasteiger partial charge in [-0.2, -0.15) is 4.79 Å². The molecule has 0 aromatic carbocycles. The van der Waals surface area contributed by atoms with Gasteiger partial charge in [0.2, 0.25) is 0 Å². The SMILES string of the molecule is CCC1=C(CC)C(N)C=CC1=[N+]=[N-].Cl.[Zn]. The summed E-state index contributed by atoms with van der Waals surface area (Å²) in [4.78, 5) is 3.25. The molecule has 15 heavy (non-hydrogen) atoms. The van der Waals surface area contributed by atoms with E-state index in [0.29, 0.717) is 5.71 Å². The third-order valence-electron chi connectivity index (χ3n) is 2.40. The van der Waals surface area contributed by atoms with Crippen LogP contribution in [0.5, 0.6) is 0 Å². The topological polar surface area (TPSA) is 62.4 Å². The molecule has 0 spiro atoms. The van der Waals surface area contributed by atoms with Crippen LogP contribution in [0.15, 0.2) is 23.3 Å². The normalized spacial score (nSPS) is 19.1. The van der Waals surface area contributed by atoms with Gasteiger partial charge in [-0.3, -0.25) is 0 Å². The molecule has 0 aromatic rings. The van der Waals surface area contributed by atoms with E-state index in [1.165, 1.54) is 5.57 Å². The summed E-state index contributed by atoms with van der Waals surface area (Å²) in [5.74, 6) is 0. The van der Waals surface area contributed by atoms with E-state index < -0.39 is 0 Å². The Bertz CT molecular complexity index is 317. The van der Waals surface area contributed by atoms with Gasteiger partial charge >= 0.3 is 5.71 Å². The number of hydrogen-bond donors (Lipinski definition) is 1. The van der Waals surface area contributed by atoms with Crippen LogP contribution in [0, 0.1) is 0 Å². The van der Waals surface area contributed by atoms with Gasteiger partial charge in [0.25, 0.3) is 0 Å². The first-order chi connectivity index (χ1) is 6.24. The maximum absolute atomic E-state index is 8.75. The van der Waals surface area contributed by atoms with Crippen LogP contribution < -0.4 is 5.73 Å². The van der Waals surface area contributed by atoms with Crippen LogP contribution in [0.25, 0.3) is 5.53 Å². The van der Waals surface area contributed by atoms with Crippen molar-refractivity contribution in [2.75, 3.05) is 0 Å². The molecule has 5 heteroatoms. The van der Waals surface area contributed by atoms with Gasteiger partial charge in [-0.1, -0.05) is 19.9 Å². The molecule has 1 aliphatic rings. The van der Waals surface area contributed by atoms with Gasteiger partial charge in [0.1, 0.15) is 0 Å². The van der Waals surface area contributed by atoms with E-state index in [1.807, 2.05) is 13.0 Å². The Balaban J connectivity index is 0. The number of nitrogens with two attached hydrogens (primary N) is 1. The smallest absolute Gasteiger partial charge is 0.318 e. The zero-order chi connectivity index (χ0) is 9.84. The number of allylic oxidation sites excluding steroid dienone is 2. The second-order valence-electron chi connectivity index (χ2n) is 3.08. The fraction of sp³-hybridized carbons (Fsp3) is 0.500. The van der Waals surface area contributed by atoms with Crippen molar-refractivity contribution >= 4 is 18.1 Å². The minimum Gasteiger partial charge on any atom is -0.361 e. The molecule has 0 bridgehead atoms. The number of hydrogen-bond acceptors (Lipinski definition) is 1. The van der Waals surface area contributed by atoms with E-state index in [1.54, 1.807) is 6.08 Å². The van der Waals surface area contributed by atoms with Crippen LogP contribution >= 0.6 is 12.4 Å². The Kier molecular flexibility index (Phi) is 9.09. The summed E-state index contributed by atoms with van der Waals surface area (Å²) in [5, 5.41) is 0. The second-order valence-corrected chi connectivity index (χ2v) is 3.08. The summed E-state index contributed by atoms with van der Waals surface area (Å²) < 4.78 is 0. The minimum absolute atomic E-state index is 0. The van der Waals surface area contributed by atoms with E-state index >= 15 is 0 Å². The molecule has 0 heterocycles. The predicted octanol–water partition coefficient (Wildman–Crippen LogP) is 2.09. The summed E-state index contributed by atoms with van der Waals surface area (Å²) >= 11 is 0. The Morgan fingerprint density at radius 1 is 1.40 bits per heavy atom. The molecule has 1 unspecified atom stereocenters. The van der Waals surface area contributed by atoms with E-state index in [0.717, 1.165) is 18.4 Å². The number of halogens is 1. The Labute approximate surface area is 110 Å². The maximum atomic E-state index is 8.75. The second kappa shape index (κ2) is 7.95. The van der Waals surface area contributed by atoms with E-state index in [-0.39, 0.29) is 37.9 Å². The molecular weight excluding hydrogens is 263 g/mol. The molecule has 0 saturated carbocycles. The molecule has 80 valence electrons. The third-order valence-corrected chi connectivity index (χ3v) is 2.40. The predicted molar refractivity (Wildman–Crippen MR) is 60.6 cm³/mol. The summed E-state index contributed by atoms with van der Waals surface area (Å²) in [6, 6.07) is -0.00884. The molecule has 0 radical (unpaired) electrons. The average Bonchev–Trinajstić information content (AvgIpc) is 2.17. The first-order valence-electron chi connectivity index (χ1n) is 4.62. The molecule has 0 fully saturated rings. The Morgan fingerprint density at radius 3 is 2.40 bits per heavy atom.